The van der Waals surface area contributed by atoms with Crippen LogP contribution in [0, 0.1) is 11.3 Å². The topological polar surface area (TPSA) is 39.1 Å². The molecule has 0 bridgehead atoms. The molecular weight excluding hydrogens is 282 g/mol. The largest absolute Gasteiger partial charge is 0.311 e. The standard InChI is InChI=1S/C20H23N3/c21-14-17-7-6-8-18(13-17)15-22-16-20(23-11-4-5-12-23)19-9-2-1-3-10-19/h1-3,6-10,13,20,22H,4-5,11-12,15-16H2/t20-/m1/s1. The van der Waals surface area contributed by atoms with Gasteiger partial charge < -0.3 is 5.32 Å². The molecule has 0 aromatic heterocycles. The molecule has 0 spiro atoms. The maximum absolute atomic E-state index is 8.99. The summed E-state index contributed by atoms with van der Waals surface area (Å²) in [5.41, 5.74) is 3.27. The van der Waals surface area contributed by atoms with E-state index in [1.807, 2.05) is 18.2 Å². The van der Waals surface area contributed by atoms with Crippen molar-refractivity contribution in [1.82, 2.24) is 10.2 Å². The Balaban J connectivity index is 1.63. The Bertz CT molecular complexity index is 654. The third kappa shape index (κ3) is 4.19. The van der Waals surface area contributed by atoms with Crippen LogP contribution in [0.3, 0.4) is 0 Å². The maximum Gasteiger partial charge on any atom is 0.0991 e. The first-order valence-electron chi connectivity index (χ1n) is 8.35. The molecular formula is C20H23N3. The summed E-state index contributed by atoms with van der Waals surface area (Å²) in [6.07, 6.45) is 2.60. The number of hydrogen-bond acceptors (Lipinski definition) is 3. The van der Waals surface area contributed by atoms with E-state index in [9.17, 15) is 0 Å². The molecule has 1 N–H and O–H groups in total. The number of nitriles is 1. The van der Waals surface area contributed by atoms with Crippen molar-refractivity contribution >= 4 is 0 Å². The van der Waals surface area contributed by atoms with E-state index >= 15 is 0 Å². The average Bonchev–Trinajstić information content (AvgIpc) is 3.14. The highest BCUT2D eigenvalue weighted by Crippen LogP contribution is 2.24. The zero-order valence-corrected chi connectivity index (χ0v) is 13.4. The fraction of sp³-hybridized carbons (Fsp3) is 0.350. The van der Waals surface area contributed by atoms with Crippen LogP contribution in [0.15, 0.2) is 54.6 Å². The summed E-state index contributed by atoms with van der Waals surface area (Å²) in [6, 6.07) is 21.2. The molecule has 2 aromatic carbocycles. The van der Waals surface area contributed by atoms with Crippen LogP contribution in [0.2, 0.25) is 0 Å². The zero-order valence-electron chi connectivity index (χ0n) is 13.4. The Labute approximate surface area is 138 Å². The van der Waals surface area contributed by atoms with Crippen molar-refractivity contribution in [3.05, 3.63) is 71.3 Å². The molecule has 23 heavy (non-hydrogen) atoms. The van der Waals surface area contributed by atoms with Gasteiger partial charge in [0.1, 0.15) is 0 Å². The van der Waals surface area contributed by atoms with Crippen molar-refractivity contribution in [3.63, 3.8) is 0 Å². The van der Waals surface area contributed by atoms with E-state index in [0.717, 1.165) is 24.2 Å². The smallest absolute Gasteiger partial charge is 0.0991 e. The van der Waals surface area contributed by atoms with Gasteiger partial charge in [0.15, 0.2) is 0 Å². The van der Waals surface area contributed by atoms with Crippen LogP contribution in [0.4, 0.5) is 0 Å². The van der Waals surface area contributed by atoms with Gasteiger partial charge in [0.25, 0.3) is 0 Å². The second kappa shape index (κ2) is 7.92. The maximum atomic E-state index is 8.99. The minimum atomic E-state index is 0.429. The summed E-state index contributed by atoms with van der Waals surface area (Å²) in [5.74, 6) is 0. The molecule has 1 fully saturated rings. The van der Waals surface area contributed by atoms with Gasteiger partial charge in [-0.2, -0.15) is 5.26 Å². The highest BCUT2D eigenvalue weighted by molar-refractivity contribution is 5.32. The van der Waals surface area contributed by atoms with Crippen LogP contribution in [0.5, 0.6) is 0 Å². The first-order valence-corrected chi connectivity index (χ1v) is 8.35. The van der Waals surface area contributed by atoms with Crippen LogP contribution < -0.4 is 5.32 Å². The molecule has 3 rings (SSSR count). The molecule has 3 heteroatoms. The number of likely N-dealkylation sites (tertiary alicyclic amines) is 1. The first kappa shape index (κ1) is 15.7. The van der Waals surface area contributed by atoms with Crippen molar-refractivity contribution < 1.29 is 0 Å². The van der Waals surface area contributed by atoms with Gasteiger partial charge in [-0.1, -0.05) is 42.5 Å². The van der Waals surface area contributed by atoms with Gasteiger partial charge in [0, 0.05) is 19.1 Å². The van der Waals surface area contributed by atoms with E-state index in [2.05, 4.69) is 52.7 Å². The third-order valence-corrected chi connectivity index (χ3v) is 4.49. The van der Waals surface area contributed by atoms with Gasteiger partial charge in [-0.3, -0.25) is 4.90 Å². The normalized spacial score (nSPS) is 16.1. The van der Waals surface area contributed by atoms with Gasteiger partial charge in [-0.15, -0.1) is 0 Å². The van der Waals surface area contributed by atoms with Crippen LogP contribution in [-0.4, -0.2) is 24.5 Å². The lowest BCUT2D eigenvalue weighted by atomic mass is 10.1. The molecule has 1 saturated heterocycles. The monoisotopic (exact) mass is 305 g/mol. The molecule has 0 aliphatic carbocycles. The second-order valence-corrected chi connectivity index (χ2v) is 6.11. The fourth-order valence-corrected chi connectivity index (χ4v) is 3.29. The second-order valence-electron chi connectivity index (χ2n) is 6.11. The van der Waals surface area contributed by atoms with E-state index in [1.165, 1.54) is 31.5 Å². The van der Waals surface area contributed by atoms with Crippen molar-refractivity contribution in [1.29, 1.82) is 5.26 Å². The van der Waals surface area contributed by atoms with Gasteiger partial charge in [0.05, 0.1) is 11.6 Å². The van der Waals surface area contributed by atoms with Crippen molar-refractivity contribution in [3.8, 4) is 6.07 Å². The van der Waals surface area contributed by atoms with E-state index in [-0.39, 0.29) is 0 Å². The summed E-state index contributed by atoms with van der Waals surface area (Å²) < 4.78 is 0. The van der Waals surface area contributed by atoms with E-state index in [1.54, 1.807) is 0 Å². The van der Waals surface area contributed by atoms with E-state index < -0.39 is 0 Å². The third-order valence-electron chi connectivity index (χ3n) is 4.49. The molecule has 1 heterocycles. The van der Waals surface area contributed by atoms with Crippen LogP contribution in [0.1, 0.15) is 35.6 Å². The highest BCUT2D eigenvalue weighted by Gasteiger charge is 2.22. The summed E-state index contributed by atoms with van der Waals surface area (Å²) in [5, 5.41) is 12.6. The van der Waals surface area contributed by atoms with E-state index in [4.69, 9.17) is 5.26 Å². The number of nitrogens with zero attached hydrogens (tertiary/aromatic N) is 2. The molecule has 118 valence electrons. The molecule has 1 aliphatic heterocycles. The van der Waals surface area contributed by atoms with Crippen molar-refractivity contribution in [2.24, 2.45) is 0 Å². The highest BCUT2D eigenvalue weighted by atomic mass is 15.2. The lowest BCUT2D eigenvalue weighted by molar-refractivity contribution is 0.238. The molecule has 3 nitrogen and oxygen atoms in total. The number of rotatable bonds is 6. The lowest BCUT2D eigenvalue weighted by Gasteiger charge is -2.28. The first-order chi connectivity index (χ1) is 11.4. The minimum absolute atomic E-state index is 0.429. The Kier molecular flexibility index (Phi) is 5.42. The van der Waals surface area contributed by atoms with E-state index in [0.29, 0.717) is 6.04 Å². The predicted octanol–water partition coefficient (Wildman–Crippen LogP) is 3.48. The summed E-state index contributed by atoms with van der Waals surface area (Å²) >= 11 is 0. The van der Waals surface area contributed by atoms with Gasteiger partial charge in [-0.25, -0.2) is 0 Å². The number of benzene rings is 2. The van der Waals surface area contributed by atoms with Crippen LogP contribution in [-0.2, 0) is 6.54 Å². The fourth-order valence-electron chi connectivity index (χ4n) is 3.29. The van der Waals surface area contributed by atoms with Gasteiger partial charge in [0.2, 0.25) is 0 Å². The van der Waals surface area contributed by atoms with Gasteiger partial charge >= 0.3 is 0 Å². The molecule has 1 aliphatic rings. The predicted molar refractivity (Wildman–Crippen MR) is 92.9 cm³/mol. The Morgan fingerprint density at radius 3 is 2.57 bits per heavy atom. The average molecular weight is 305 g/mol. The Morgan fingerprint density at radius 1 is 1.04 bits per heavy atom. The molecule has 0 radical (unpaired) electrons. The quantitative estimate of drug-likeness (QED) is 0.888. The summed E-state index contributed by atoms with van der Waals surface area (Å²) in [7, 11) is 0. The summed E-state index contributed by atoms with van der Waals surface area (Å²) in [6.45, 7) is 4.10. The zero-order chi connectivity index (χ0) is 15.9. The van der Waals surface area contributed by atoms with Crippen LogP contribution in [0.25, 0.3) is 0 Å². The van der Waals surface area contributed by atoms with Crippen molar-refractivity contribution in [2.75, 3.05) is 19.6 Å². The molecule has 2 aromatic rings. The SMILES string of the molecule is N#Cc1cccc(CNC[C@H](c2ccccc2)N2CCCC2)c1. The molecule has 1 atom stereocenters. The Hall–Kier alpha value is -2.15. The van der Waals surface area contributed by atoms with Crippen LogP contribution >= 0.6 is 0 Å². The molecule has 0 saturated carbocycles. The number of nitrogens with one attached hydrogen (secondary N) is 1. The molecule has 0 amide bonds. The number of hydrogen-bond donors (Lipinski definition) is 1. The minimum Gasteiger partial charge on any atom is -0.311 e. The lowest BCUT2D eigenvalue weighted by Crippen LogP contribution is -2.34. The van der Waals surface area contributed by atoms with Gasteiger partial charge in [-0.05, 0) is 49.2 Å². The van der Waals surface area contributed by atoms with Crippen molar-refractivity contribution in [2.45, 2.75) is 25.4 Å². The Morgan fingerprint density at radius 2 is 1.83 bits per heavy atom. The molecule has 0 unspecified atom stereocenters. The summed E-state index contributed by atoms with van der Waals surface area (Å²) in [4.78, 5) is 2.58.